The number of benzene rings is 2. The van der Waals surface area contributed by atoms with Crippen molar-refractivity contribution in [2.45, 2.75) is 25.8 Å². The fraction of sp³-hybridized carbons (Fsp3) is 0.217. The minimum Gasteiger partial charge on any atom is -1.00 e. The van der Waals surface area contributed by atoms with Crippen LogP contribution in [0, 0.1) is 11.3 Å². The van der Waals surface area contributed by atoms with Gasteiger partial charge in [-0.3, -0.25) is 0 Å². The molecule has 0 atom stereocenters. The van der Waals surface area contributed by atoms with E-state index >= 15 is 0 Å². The molecule has 1 aromatic heterocycles. The van der Waals surface area contributed by atoms with Crippen molar-refractivity contribution in [3.63, 3.8) is 0 Å². The molecule has 2 aromatic carbocycles. The third-order valence-electron chi connectivity index (χ3n) is 3.99. The van der Waals surface area contributed by atoms with E-state index < -0.39 is 23.5 Å². The standard InChI is InChI=1S/C10H8F3N3.C8H8F3N.C5H7NO.Na.H/c11-10(12,13)7-1-3-8(4-2-7)16-6-5-9(14)15-16;9-8(10,11)7-3-1-6(5-12)2-4-7;1-2-7-5-3-4-6;;/h1-6H,(H2,14,15);1-4H,5,12H2;3,5H,2H2,1H3;;/q;;;+1;-1/b;;5-3+;;. The number of nitriles is 1. The Labute approximate surface area is 227 Å². The minimum absolute atomic E-state index is 0. The van der Waals surface area contributed by atoms with Crippen molar-refractivity contribution < 1.29 is 62.1 Å². The van der Waals surface area contributed by atoms with E-state index in [1.54, 1.807) is 18.3 Å². The number of allylic oxidation sites excluding steroid dienone is 1. The van der Waals surface area contributed by atoms with Gasteiger partial charge < -0.3 is 17.6 Å². The van der Waals surface area contributed by atoms with Crippen molar-refractivity contribution in [2.24, 2.45) is 5.73 Å². The predicted molar refractivity (Wildman–Crippen MR) is 120 cm³/mol. The van der Waals surface area contributed by atoms with Crippen LogP contribution >= 0.6 is 0 Å². The van der Waals surface area contributed by atoms with Gasteiger partial charge in [0.05, 0.1) is 41.8 Å². The van der Waals surface area contributed by atoms with Gasteiger partial charge in [-0.05, 0) is 48.9 Å². The van der Waals surface area contributed by atoms with Crippen molar-refractivity contribution in [1.29, 1.82) is 5.26 Å². The monoisotopic (exact) mass is 523 g/mol. The zero-order valence-electron chi connectivity index (χ0n) is 20.5. The van der Waals surface area contributed by atoms with E-state index in [1.807, 2.05) is 6.92 Å². The number of nitrogens with two attached hydrogens (primary N) is 2. The van der Waals surface area contributed by atoms with Gasteiger partial charge in [0.25, 0.3) is 0 Å². The van der Waals surface area contributed by atoms with Gasteiger partial charge in [-0.2, -0.15) is 36.7 Å². The number of nitrogen functional groups attached to an aromatic ring is 1. The Morgan fingerprint density at radius 2 is 1.47 bits per heavy atom. The Hall–Kier alpha value is -2.98. The number of rotatable bonds is 4. The summed E-state index contributed by atoms with van der Waals surface area (Å²) in [6.07, 6.45) is -4.32. The first-order chi connectivity index (χ1) is 16.4. The molecule has 0 aliphatic carbocycles. The summed E-state index contributed by atoms with van der Waals surface area (Å²) in [5, 5.41) is 11.8. The van der Waals surface area contributed by atoms with Gasteiger partial charge in [0, 0.05) is 18.8 Å². The molecule has 0 bridgehead atoms. The molecule has 0 spiro atoms. The number of halogens is 6. The normalized spacial score (nSPS) is 10.8. The number of ether oxygens (including phenoxy) is 1. The van der Waals surface area contributed by atoms with Gasteiger partial charge in [-0.15, -0.1) is 0 Å². The zero-order chi connectivity index (χ0) is 26.5. The third kappa shape index (κ3) is 12.1. The zero-order valence-corrected chi connectivity index (χ0v) is 21.5. The summed E-state index contributed by atoms with van der Waals surface area (Å²) in [5.74, 6) is 0.319. The maximum Gasteiger partial charge on any atom is 1.00 e. The topological polar surface area (TPSA) is 103 Å². The molecule has 0 unspecified atom stereocenters. The second kappa shape index (κ2) is 15.9. The maximum atomic E-state index is 12.3. The van der Waals surface area contributed by atoms with Crippen LogP contribution in [0.25, 0.3) is 5.69 Å². The molecule has 190 valence electrons. The van der Waals surface area contributed by atoms with E-state index in [1.165, 1.54) is 41.3 Å². The molecule has 36 heavy (non-hydrogen) atoms. The number of hydrogen-bond donors (Lipinski definition) is 2. The Morgan fingerprint density at radius 3 is 1.83 bits per heavy atom. The summed E-state index contributed by atoms with van der Waals surface area (Å²) >= 11 is 0. The smallest absolute Gasteiger partial charge is 1.00 e. The van der Waals surface area contributed by atoms with Crippen LogP contribution in [0.1, 0.15) is 25.0 Å². The summed E-state index contributed by atoms with van der Waals surface area (Å²) in [5.41, 5.74) is 10.5. The van der Waals surface area contributed by atoms with Crippen molar-refractivity contribution in [3.8, 4) is 11.8 Å². The first-order valence-electron chi connectivity index (χ1n) is 9.93. The van der Waals surface area contributed by atoms with Gasteiger partial charge in [0.1, 0.15) is 5.82 Å². The molecule has 0 saturated carbocycles. The quantitative estimate of drug-likeness (QED) is 0.237. The van der Waals surface area contributed by atoms with E-state index in [9.17, 15) is 26.3 Å². The molecule has 13 heteroatoms. The Morgan fingerprint density at radius 1 is 0.972 bits per heavy atom. The molecule has 3 rings (SSSR count). The van der Waals surface area contributed by atoms with E-state index in [4.69, 9.17) is 16.7 Å². The molecular formula is C23H24F6N5NaO. The van der Waals surface area contributed by atoms with Crippen LogP contribution in [0.3, 0.4) is 0 Å². The molecule has 3 aromatic rings. The minimum atomic E-state index is -4.32. The van der Waals surface area contributed by atoms with Crippen LogP contribution in [-0.4, -0.2) is 16.4 Å². The van der Waals surface area contributed by atoms with Crippen molar-refractivity contribution in [1.82, 2.24) is 9.78 Å². The van der Waals surface area contributed by atoms with Crippen LogP contribution in [0.2, 0.25) is 0 Å². The van der Waals surface area contributed by atoms with E-state index in [0.29, 0.717) is 23.7 Å². The summed E-state index contributed by atoms with van der Waals surface area (Å²) in [4.78, 5) is 0. The SMILES string of the molecule is CCO/C=C/C#N.NCc1ccc(C(F)(F)F)cc1.Nc1ccn(-c2ccc(C(F)(F)F)cc2)n1.[H-].[Na+]. The molecule has 0 aliphatic rings. The van der Waals surface area contributed by atoms with Crippen LogP contribution in [0.5, 0.6) is 0 Å². The molecule has 0 fully saturated rings. The number of hydrogen-bond acceptors (Lipinski definition) is 5. The fourth-order valence-electron chi connectivity index (χ4n) is 2.29. The molecular weight excluding hydrogens is 499 g/mol. The first kappa shape index (κ1) is 33.0. The van der Waals surface area contributed by atoms with Gasteiger partial charge in [0.2, 0.25) is 0 Å². The third-order valence-corrected chi connectivity index (χ3v) is 3.99. The van der Waals surface area contributed by atoms with Gasteiger partial charge in [0.15, 0.2) is 0 Å². The Bertz CT molecular complexity index is 1100. The first-order valence-corrected chi connectivity index (χ1v) is 9.93. The summed E-state index contributed by atoms with van der Waals surface area (Å²) < 4.78 is 78.9. The van der Waals surface area contributed by atoms with Crippen molar-refractivity contribution in [2.75, 3.05) is 12.3 Å². The summed E-state index contributed by atoms with van der Waals surface area (Å²) in [6, 6.07) is 12.9. The van der Waals surface area contributed by atoms with Crippen molar-refractivity contribution in [3.05, 3.63) is 89.8 Å². The van der Waals surface area contributed by atoms with Crippen LogP contribution in [0.15, 0.2) is 73.1 Å². The summed E-state index contributed by atoms with van der Waals surface area (Å²) in [6.45, 7) is 2.75. The number of alkyl halides is 6. The number of aromatic nitrogens is 2. The fourth-order valence-corrected chi connectivity index (χ4v) is 2.29. The Kier molecular flexibility index (Phi) is 14.6. The molecule has 4 N–H and O–H groups in total. The largest absolute Gasteiger partial charge is 1.00 e. The van der Waals surface area contributed by atoms with Crippen molar-refractivity contribution >= 4 is 5.82 Å². The average Bonchev–Trinajstić information content (AvgIpc) is 3.25. The number of nitrogens with zero attached hydrogens (tertiary/aromatic N) is 3. The van der Waals surface area contributed by atoms with Crippen LogP contribution < -0.4 is 41.0 Å². The van der Waals surface area contributed by atoms with Gasteiger partial charge >= 0.3 is 41.9 Å². The Balaban J connectivity index is 0. The predicted octanol–water partition coefficient (Wildman–Crippen LogP) is 2.81. The average molecular weight is 523 g/mol. The molecule has 0 radical (unpaired) electrons. The molecule has 1 heterocycles. The van der Waals surface area contributed by atoms with Gasteiger partial charge in [-0.1, -0.05) is 12.1 Å². The van der Waals surface area contributed by atoms with E-state index in [-0.39, 0.29) is 37.5 Å². The molecule has 0 saturated heterocycles. The molecule has 6 nitrogen and oxygen atoms in total. The second-order valence-corrected chi connectivity index (χ2v) is 6.52. The second-order valence-electron chi connectivity index (χ2n) is 6.52. The van der Waals surface area contributed by atoms with Crippen LogP contribution in [0.4, 0.5) is 32.2 Å². The van der Waals surface area contributed by atoms with Gasteiger partial charge in [-0.25, -0.2) is 4.68 Å². The number of anilines is 1. The van der Waals surface area contributed by atoms with E-state index in [2.05, 4.69) is 9.84 Å². The van der Waals surface area contributed by atoms with Crippen LogP contribution in [-0.2, 0) is 23.6 Å². The summed E-state index contributed by atoms with van der Waals surface area (Å²) in [7, 11) is 0. The molecule has 0 amide bonds. The maximum absolute atomic E-state index is 12.3. The molecule has 0 aliphatic heterocycles. The van der Waals surface area contributed by atoms with E-state index in [0.717, 1.165) is 24.3 Å².